The second-order valence-electron chi connectivity index (χ2n) is 8.57. The molecule has 3 heterocycles. The first-order valence-corrected chi connectivity index (χ1v) is 11.9. The number of hydrogen-bond donors (Lipinski definition) is 2. The summed E-state index contributed by atoms with van der Waals surface area (Å²) in [5, 5.41) is 5.99. The Hall–Kier alpha value is -3.41. The molecule has 2 N–H and O–H groups in total. The Bertz CT molecular complexity index is 1320. The second kappa shape index (κ2) is 9.09. The molecular weight excluding hydrogens is 466 g/mol. The Kier molecular flexibility index (Phi) is 5.98. The topological polar surface area (TPSA) is 109 Å². The van der Waals surface area contributed by atoms with Gasteiger partial charge in [0.05, 0.1) is 11.6 Å². The second-order valence-corrected chi connectivity index (χ2v) is 9.54. The predicted octanol–water partition coefficient (Wildman–Crippen LogP) is 2.26. The fourth-order valence-electron chi connectivity index (χ4n) is 3.93. The lowest BCUT2D eigenvalue weighted by Crippen LogP contribution is -2.43. The Morgan fingerprint density at radius 3 is 2.79 bits per heavy atom. The summed E-state index contributed by atoms with van der Waals surface area (Å²) >= 11 is 1.17. The number of nitrogens with one attached hydrogen (secondary N) is 2. The number of fused-ring (bicyclic) bond motifs is 1. The normalized spacial score (nSPS) is 18.2. The van der Waals surface area contributed by atoms with E-state index in [1.165, 1.54) is 17.7 Å². The van der Waals surface area contributed by atoms with Gasteiger partial charge in [-0.15, -0.1) is 0 Å². The molecule has 0 bridgehead atoms. The minimum absolute atomic E-state index is 0.0670. The average Bonchev–Trinajstić information content (AvgIpc) is 3.52. The number of thiazole rings is 1. The number of aromatic nitrogens is 3. The van der Waals surface area contributed by atoms with E-state index >= 15 is 0 Å². The third-order valence-electron chi connectivity index (χ3n) is 5.88. The maximum absolute atomic E-state index is 13.8. The van der Waals surface area contributed by atoms with E-state index in [0.29, 0.717) is 28.5 Å². The Balaban J connectivity index is 1.30. The van der Waals surface area contributed by atoms with Gasteiger partial charge in [-0.2, -0.15) is 4.98 Å². The molecule has 0 unspecified atom stereocenters. The van der Waals surface area contributed by atoms with Crippen LogP contribution >= 0.6 is 11.3 Å². The first kappa shape index (κ1) is 22.4. The average molecular weight is 489 g/mol. The number of carbonyl (C=O) groups excluding carboxylic acids is 2. The molecular formula is C22H22F2N6O3S. The smallest absolute Gasteiger partial charge is 0.273 e. The van der Waals surface area contributed by atoms with Crippen molar-refractivity contribution < 1.29 is 18.4 Å². The molecule has 0 radical (unpaired) electrons. The molecule has 178 valence electrons. The van der Waals surface area contributed by atoms with Crippen LogP contribution in [0.25, 0.3) is 10.3 Å². The van der Waals surface area contributed by atoms with Crippen LogP contribution in [0.1, 0.15) is 25.7 Å². The number of carbonyl (C=O) groups is 2. The Labute approximate surface area is 196 Å². The summed E-state index contributed by atoms with van der Waals surface area (Å²) in [5.41, 5.74) is -0.349. The molecule has 0 spiro atoms. The summed E-state index contributed by atoms with van der Waals surface area (Å²) in [6, 6.07) is 3.11. The predicted molar refractivity (Wildman–Crippen MR) is 123 cm³/mol. The number of hydrogen-bond acceptors (Lipinski definition) is 7. The van der Waals surface area contributed by atoms with E-state index in [9.17, 15) is 23.2 Å². The minimum Gasteiger partial charge on any atom is -0.353 e. The fraction of sp³-hybridized carbons (Fsp3) is 0.409. The Morgan fingerprint density at radius 1 is 1.21 bits per heavy atom. The van der Waals surface area contributed by atoms with E-state index in [1.807, 2.05) is 4.90 Å². The van der Waals surface area contributed by atoms with Crippen LogP contribution in [0, 0.1) is 17.6 Å². The highest BCUT2D eigenvalue weighted by atomic mass is 32.1. The number of amides is 2. The summed E-state index contributed by atoms with van der Waals surface area (Å²) in [6.45, 7) is 0.865. The zero-order valence-corrected chi connectivity index (χ0v) is 18.9. The lowest BCUT2D eigenvalue weighted by molar-refractivity contribution is -0.125. The SMILES string of the molecule is O=C(Cn1cnc2nc(N3CCC[C@@H](C(=O)NC4CC4)C3)sc2c1=O)Nc1ccc(F)cc1F. The summed E-state index contributed by atoms with van der Waals surface area (Å²) in [4.78, 5) is 48.4. The van der Waals surface area contributed by atoms with Gasteiger partial charge < -0.3 is 15.5 Å². The molecule has 1 aromatic carbocycles. The molecule has 3 aromatic rings. The van der Waals surface area contributed by atoms with Gasteiger partial charge in [0.2, 0.25) is 11.8 Å². The Morgan fingerprint density at radius 2 is 2.03 bits per heavy atom. The summed E-state index contributed by atoms with van der Waals surface area (Å²) in [6.07, 6.45) is 4.95. The molecule has 34 heavy (non-hydrogen) atoms. The minimum atomic E-state index is -0.910. The van der Waals surface area contributed by atoms with Crippen LogP contribution in [0.5, 0.6) is 0 Å². The molecule has 1 saturated carbocycles. The van der Waals surface area contributed by atoms with E-state index < -0.39 is 23.1 Å². The van der Waals surface area contributed by atoms with Crippen molar-refractivity contribution in [3.63, 3.8) is 0 Å². The maximum atomic E-state index is 13.8. The van der Waals surface area contributed by atoms with Gasteiger partial charge in [0.15, 0.2) is 10.8 Å². The van der Waals surface area contributed by atoms with Gasteiger partial charge in [0.25, 0.3) is 5.56 Å². The summed E-state index contributed by atoms with van der Waals surface area (Å²) in [7, 11) is 0. The molecule has 12 heteroatoms. The van der Waals surface area contributed by atoms with Crippen molar-refractivity contribution in [3.8, 4) is 0 Å². The van der Waals surface area contributed by atoms with Crippen molar-refractivity contribution >= 4 is 44.3 Å². The van der Waals surface area contributed by atoms with Gasteiger partial charge >= 0.3 is 0 Å². The molecule has 1 atom stereocenters. The number of nitrogens with zero attached hydrogens (tertiary/aromatic N) is 4. The van der Waals surface area contributed by atoms with Crippen molar-refractivity contribution in [1.29, 1.82) is 0 Å². The van der Waals surface area contributed by atoms with E-state index in [4.69, 9.17) is 0 Å². The van der Waals surface area contributed by atoms with Gasteiger partial charge in [-0.05, 0) is 37.8 Å². The van der Waals surface area contributed by atoms with Crippen LogP contribution in [-0.2, 0) is 16.1 Å². The van der Waals surface area contributed by atoms with Crippen molar-refractivity contribution in [3.05, 3.63) is 46.5 Å². The van der Waals surface area contributed by atoms with Crippen LogP contribution in [0.15, 0.2) is 29.3 Å². The molecule has 9 nitrogen and oxygen atoms in total. The molecule has 2 amide bonds. The van der Waals surface area contributed by atoms with Crippen molar-refractivity contribution in [2.45, 2.75) is 38.3 Å². The summed E-state index contributed by atoms with van der Waals surface area (Å²) in [5.74, 6) is -2.38. The monoisotopic (exact) mass is 488 g/mol. The number of piperidine rings is 1. The number of rotatable bonds is 6. The van der Waals surface area contributed by atoms with Crippen LogP contribution in [0.2, 0.25) is 0 Å². The first-order valence-electron chi connectivity index (χ1n) is 11.0. The van der Waals surface area contributed by atoms with Crippen LogP contribution in [0.3, 0.4) is 0 Å². The number of anilines is 2. The molecule has 5 rings (SSSR count). The molecule has 1 aliphatic heterocycles. The molecule has 2 fully saturated rings. The highest BCUT2D eigenvalue weighted by Gasteiger charge is 2.31. The van der Waals surface area contributed by atoms with E-state index in [0.717, 1.165) is 48.9 Å². The van der Waals surface area contributed by atoms with Crippen LogP contribution < -0.4 is 21.1 Å². The maximum Gasteiger partial charge on any atom is 0.273 e. The van der Waals surface area contributed by atoms with Crippen molar-refractivity contribution in [1.82, 2.24) is 19.9 Å². The lowest BCUT2D eigenvalue weighted by Gasteiger charge is -2.31. The van der Waals surface area contributed by atoms with Crippen molar-refractivity contribution in [2.24, 2.45) is 5.92 Å². The van der Waals surface area contributed by atoms with Gasteiger partial charge in [-0.3, -0.25) is 19.0 Å². The van der Waals surface area contributed by atoms with E-state index in [2.05, 4.69) is 20.6 Å². The summed E-state index contributed by atoms with van der Waals surface area (Å²) < 4.78 is 28.2. The van der Waals surface area contributed by atoms with Crippen molar-refractivity contribution in [2.75, 3.05) is 23.3 Å². The zero-order chi connectivity index (χ0) is 23.8. The lowest BCUT2D eigenvalue weighted by atomic mass is 9.97. The quantitative estimate of drug-likeness (QED) is 0.551. The molecule has 1 aliphatic carbocycles. The molecule has 2 aromatic heterocycles. The zero-order valence-electron chi connectivity index (χ0n) is 18.1. The van der Waals surface area contributed by atoms with Gasteiger partial charge in [-0.25, -0.2) is 13.8 Å². The van der Waals surface area contributed by atoms with Gasteiger partial charge in [0.1, 0.15) is 29.2 Å². The van der Waals surface area contributed by atoms with E-state index in [1.54, 1.807) is 0 Å². The van der Waals surface area contributed by atoms with Gasteiger partial charge in [0, 0.05) is 25.2 Å². The van der Waals surface area contributed by atoms with E-state index in [-0.39, 0.29) is 29.7 Å². The highest BCUT2D eigenvalue weighted by Crippen LogP contribution is 2.30. The molecule has 2 aliphatic rings. The third kappa shape index (κ3) is 4.76. The number of halogens is 2. The van der Waals surface area contributed by atoms with Crippen LogP contribution in [0.4, 0.5) is 19.6 Å². The molecule has 1 saturated heterocycles. The highest BCUT2D eigenvalue weighted by molar-refractivity contribution is 7.22. The van der Waals surface area contributed by atoms with Gasteiger partial charge in [-0.1, -0.05) is 11.3 Å². The third-order valence-corrected chi connectivity index (χ3v) is 6.97. The standard InChI is InChI=1S/C22H22F2N6O3S/c23-13-3-6-16(15(24)8-13)27-17(31)10-30-11-25-19-18(21(30)33)34-22(28-19)29-7-1-2-12(9-29)20(32)26-14-4-5-14/h3,6,8,11-12,14H,1-2,4-5,7,9-10H2,(H,26,32)(H,27,31)/t12-/m1/s1. The number of benzene rings is 1. The fourth-order valence-corrected chi connectivity index (χ4v) is 4.93. The first-order chi connectivity index (χ1) is 16.4. The largest absolute Gasteiger partial charge is 0.353 e. The van der Waals surface area contributed by atoms with Crippen LogP contribution in [-0.4, -0.2) is 45.5 Å².